The van der Waals surface area contributed by atoms with E-state index in [-0.39, 0.29) is 0 Å². The van der Waals surface area contributed by atoms with Crippen LogP contribution < -0.4 is 0 Å². The maximum Gasteiger partial charge on any atom is 0.117 e. The van der Waals surface area contributed by atoms with E-state index in [0.29, 0.717) is 0 Å². The highest BCUT2D eigenvalue weighted by Gasteiger charge is 1.94. The molecule has 0 rings (SSSR count). The lowest BCUT2D eigenvalue weighted by Gasteiger charge is -2.03. The Kier molecular flexibility index (Phi) is 17.1. The first-order valence-electron chi connectivity index (χ1n) is 9.40. The summed E-state index contributed by atoms with van der Waals surface area (Å²) in [6.45, 7) is 6.99. The van der Waals surface area contributed by atoms with E-state index < -0.39 is 0 Å². The number of unbranched alkanes of at least 4 members (excludes halogenated alkanes) is 13. The average Bonchev–Trinajstić information content (AvgIpc) is 2.46. The van der Waals surface area contributed by atoms with Gasteiger partial charge in [0.2, 0.25) is 0 Å². The highest BCUT2D eigenvalue weighted by atomic mass is 16.6. The Hall–Kier alpha value is -0.530. The fourth-order valence-corrected chi connectivity index (χ4v) is 2.54. The molecule has 0 saturated heterocycles. The molecule has 2 nitrogen and oxygen atoms in total. The monoisotopic (exact) mass is 297 g/mol. The topological polar surface area (TPSA) is 21.6 Å². The van der Waals surface area contributed by atoms with Crippen molar-refractivity contribution in [2.45, 2.75) is 111 Å². The Morgan fingerprint density at radius 1 is 0.619 bits per heavy atom. The fourth-order valence-electron chi connectivity index (χ4n) is 2.54. The van der Waals surface area contributed by atoms with Gasteiger partial charge < -0.3 is 4.84 Å². The lowest BCUT2D eigenvalue weighted by atomic mass is 10.0. The summed E-state index contributed by atoms with van der Waals surface area (Å²) in [6, 6.07) is 0. The minimum absolute atomic E-state index is 0.781. The second kappa shape index (κ2) is 17.5. The van der Waals surface area contributed by atoms with Crippen LogP contribution in [0.2, 0.25) is 0 Å². The van der Waals surface area contributed by atoms with E-state index in [9.17, 15) is 0 Å². The lowest BCUT2D eigenvalue weighted by Crippen LogP contribution is -1.91. The van der Waals surface area contributed by atoms with Crippen molar-refractivity contribution in [3.63, 3.8) is 0 Å². The van der Waals surface area contributed by atoms with Crippen molar-refractivity contribution in [2.75, 3.05) is 6.61 Å². The highest BCUT2D eigenvalue weighted by molar-refractivity contribution is 5.78. The predicted octanol–water partition coefficient (Wildman–Crippen LogP) is 6.88. The number of oxime groups is 1. The van der Waals surface area contributed by atoms with Gasteiger partial charge in [-0.15, -0.1) is 0 Å². The summed E-state index contributed by atoms with van der Waals surface area (Å²) < 4.78 is 0. The number of rotatable bonds is 16. The smallest absolute Gasteiger partial charge is 0.117 e. The van der Waals surface area contributed by atoms with Gasteiger partial charge in [0, 0.05) is 0 Å². The zero-order valence-electron chi connectivity index (χ0n) is 15.0. The van der Waals surface area contributed by atoms with E-state index in [0.717, 1.165) is 18.7 Å². The van der Waals surface area contributed by atoms with Crippen LogP contribution in [0.4, 0.5) is 0 Å². The van der Waals surface area contributed by atoms with E-state index in [2.05, 4.69) is 12.1 Å². The van der Waals surface area contributed by atoms with Crippen LogP contribution in [0.15, 0.2) is 5.16 Å². The molecule has 0 amide bonds. The molecule has 0 aliphatic carbocycles. The normalized spacial score (nSPS) is 10.6. The summed E-state index contributed by atoms with van der Waals surface area (Å²) in [6.07, 6.45) is 19.5. The van der Waals surface area contributed by atoms with Crippen LogP contribution in [0.5, 0.6) is 0 Å². The Morgan fingerprint density at radius 2 is 1.00 bits per heavy atom. The van der Waals surface area contributed by atoms with Crippen molar-refractivity contribution in [2.24, 2.45) is 5.16 Å². The number of hydrogen-bond acceptors (Lipinski definition) is 2. The van der Waals surface area contributed by atoms with E-state index in [1.807, 2.05) is 13.8 Å². The SMILES string of the molecule is CCCCCCCCCCCCCCCCON=C(C)C. The number of nitrogens with zero attached hydrogens (tertiary/aromatic N) is 1. The molecular weight excluding hydrogens is 258 g/mol. The van der Waals surface area contributed by atoms with Crippen LogP contribution in [0.3, 0.4) is 0 Å². The quantitative estimate of drug-likeness (QED) is 0.173. The van der Waals surface area contributed by atoms with E-state index >= 15 is 0 Å². The molecule has 0 saturated carbocycles. The molecule has 21 heavy (non-hydrogen) atoms. The summed E-state index contributed by atoms with van der Waals surface area (Å²) >= 11 is 0. The van der Waals surface area contributed by atoms with Gasteiger partial charge in [0.15, 0.2) is 0 Å². The molecule has 0 aromatic carbocycles. The average molecular weight is 298 g/mol. The van der Waals surface area contributed by atoms with Gasteiger partial charge in [-0.3, -0.25) is 0 Å². The van der Waals surface area contributed by atoms with Crippen molar-refractivity contribution in [1.29, 1.82) is 0 Å². The molecule has 0 aromatic rings. The Labute approximate surface area is 133 Å². The molecule has 0 N–H and O–H groups in total. The molecular formula is C19H39NO. The van der Waals surface area contributed by atoms with Crippen LogP contribution >= 0.6 is 0 Å². The first kappa shape index (κ1) is 20.5. The van der Waals surface area contributed by atoms with Gasteiger partial charge in [0.05, 0.1) is 5.71 Å². The number of hydrogen-bond donors (Lipinski definition) is 0. The molecule has 0 atom stereocenters. The molecule has 0 aromatic heterocycles. The van der Waals surface area contributed by atoms with Crippen LogP contribution in [-0.4, -0.2) is 12.3 Å². The summed E-state index contributed by atoms with van der Waals surface area (Å²) in [7, 11) is 0. The van der Waals surface area contributed by atoms with Crippen molar-refractivity contribution in [1.82, 2.24) is 0 Å². The second-order valence-corrected chi connectivity index (χ2v) is 6.47. The highest BCUT2D eigenvalue weighted by Crippen LogP contribution is 2.12. The molecule has 0 heterocycles. The van der Waals surface area contributed by atoms with Crippen molar-refractivity contribution in [3.05, 3.63) is 0 Å². The molecule has 0 aliphatic heterocycles. The van der Waals surface area contributed by atoms with Gasteiger partial charge in [-0.2, -0.15) is 0 Å². The third kappa shape index (κ3) is 19.5. The fraction of sp³-hybridized carbons (Fsp3) is 0.947. The minimum Gasteiger partial charge on any atom is -0.396 e. The minimum atomic E-state index is 0.781. The van der Waals surface area contributed by atoms with Crippen LogP contribution in [-0.2, 0) is 4.84 Å². The first-order valence-corrected chi connectivity index (χ1v) is 9.40. The standard InChI is InChI=1S/C19H39NO/c1-4-5-6-7-8-9-10-11-12-13-14-15-16-17-18-21-20-19(2)3/h4-18H2,1-3H3. The van der Waals surface area contributed by atoms with Gasteiger partial charge in [-0.25, -0.2) is 0 Å². The third-order valence-corrected chi connectivity index (χ3v) is 3.84. The molecule has 0 unspecified atom stereocenters. The Balaban J connectivity index is 2.98. The van der Waals surface area contributed by atoms with Gasteiger partial charge in [0.25, 0.3) is 0 Å². The van der Waals surface area contributed by atoms with Crippen molar-refractivity contribution in [3.8, 4) is 0 Å². The van der Waals surface area contributed by atoms with Crippen LogP contribution in [0, 0.1) is 0 Å². The molecule has 0 aliphatic rings. The summed E-state index contributed by atoms with van der Waals surface area (Å²) in [5.74, 6) is 0. The molecule has 0 fully saturated rings. The van der Waals surface area contributed by atoms with Gasteiger partial charge >= 0.3 is 0 Å². The van der Waals surface area contributed by atoms with E-state index in [1.54, 1.807) is 0 Å². The molecule has 0 spiro atoms. The maximum absolute atomic E-state index is 5.19. The molecule has 126 valence electrons. The second-order valence-electron chi connectivity index (χ2n) is 6.47. The van der Waals surface area contributed by atoms with Crippen molar-refractivity contribution < 1.29 is 4.84 Å². The lowest BCUT2D eigenvalue weighted by molar-refractivity contribution is 0.139. The van der Waals surface area contributed by atoms with Gasteiger partial charge in [0.1, 0.15) is 6.61 Å². The maximum atomic E-state index is 5.19. The largest absolute Gasteiger partial charge is 0.396 e. The van der Waals surface area contributed by atoms with Gasteiger partial charge in [-0.05, 0) is 26.7 Å². The molecule has 0 radical (unpaired) electrons. The zero-order chi connectivity index (χ0) is 15.6. The van der Waals surface area contributed by atoms with Crippen LogP contribution in [0.1, 0.15) is 111 Å². The summed E-state index contributed by atoms with van der Waals surface area (Å²) in [5, 5.41) is 3.94. The third-order valence-electron chi connectivity index (χ3n) is 3.84. The van der Waals surface area contributed by atoms with E-state index in [4.69, 9.17) is 4.84 Å². The Bertz CT molecular complexity index is 222. The summed E-state index contributed by atoms with van der Waals surface area (Å²) in [4.78, 5) is 5.19. The Morgan fingerprint density at radius 3 is 1.38 bits per heavy atom. The molecule has 0 bridgehead atoms. The zero-order valence-corrected chi connectivity index (χ0v) is 15.0. The van der Waals surface area contributed by atoms with Gasteiger partial charge in [-0.1, -0.05) is 89.1 Å². The summed E-state index contributed by atoms with van der Waals surface area (Å²) in [5.41, 5.74) is 1.00. The molecule has 2 heteroatoms. The van der Waals surface area contributed by atoms with Crippen LogP contribution in [0.25, 0.3) is 0 Å². The van der Waals surface area contributed by atoms with E-state index in [1.165, 1.54) is 83.5 Å². The first-order chi connectivity index (χ1) is 10.3. The predicted molar refractivity (Wildman–Crippen MR) is 95.0 cm³/mol. The van der Waals surface area contributed by atoms with Crippen molar-refractivity contribution >= 4 is 5.71 Å².